The van der Waals surface area contributed by atoms with E-state index in [1.807, 2.05) is 63.2 Å². The van der Waals surface area contributed by atoms with Gasteiger partial charge >= 0.3 is 0 Å². The third-order valence-corrected chi connectivity index (χ3v) is 21.6. The summed E-state index contributed by atoms with van der Waals surface area (Å²) in [4.78, 5) is 10.0. The molecule has 0 atom stereocenters. The maximum Gasteiger partial charge on any atom is 0.269 e. The Morgan fingerprint density at radius 3 is 1.16 bits per heavy atom. The number of aromatic hydroxyl groups is 2. The molecule has 1 aliphatic rings. The molecule has 0 spiro atoms. The fourth-order valence-electron chi connectivity index (χ4n) is 12.6. The van der Waals surface area contributed by atoms with Crippen LogP contribution in [0.4, 0.5) is 5.69 Å². The summed E-state index contributed by atoms with van der Waals surface area (Å²) >= 11 is 17.5. The lowest BCUT2D eigenvalue weighted by molar-refractivity contribution is -0.384. The van der Waals surface area contributed by atoms with Gasteiger partial charge in [0, 0.05) is 17.2 Å². The molecule has 0 saturated heterocycles. The second-order valence-corrected chi connectivity index (χ2v) is 37.6. The highest BCUT2D eigenvalue weighted by molar-refractivity contribution is 6.42. The van der Waals surface area contributed by atoms with Crippen LogP contribution in [0.2, 0.25) is 15.1 Å². The molecule has 10 aromatic rings. The minimum Gasteiger partial charge on any atom is -0.508 e. The van der Waals surface area contributed by atoms with E-state index in [1.54, 1.807) is 29.8 Å². The van der Waals surface area contributed by atoms with Gasteiger partial charge in [-0.25, -0.2) is 0 Å². The number of phenolic OH excluding ortho intramolecular Hbond substituents is 2. The summed E-state index contributed by atoms with van der Waals surface area (Å²) in [6.45, 7) is 63.0. The molecule has 0 unspecified atom stereocenters. The number of nitro benzene ring substituents is 1. The van der Waals surface area contributed by atoms with Gasteiger partial charge in [-0.05, 0) is 221 Å². The van der Waals surface area contributed by atoms with Crippen LogP contribution in [0.1, 0.15) is 362 Å². The smallest absolute Gasteiger partial charge is 0.269 e. The molecule has 1 saturated carbocycles. The molecular weight excluding hydrogens is 1450 g/mol. The number of rotatable bonds is 11. The van der Waals surface area contributed by atoms with Gasteiger partial charge in [0.2, 0.25) is 0 Å². The Morgan fingerprint density at radius 2 is 0.752 bits per heavy atom. The van der Waals surface area contributed by atoms with Gasteiger partial charge in [-0.2, -0.15) is 0 Å². The van der Waals surface area contributed by atoms with Crippen molar-refractivity contribution >= 4 is 51.3 Å². The van der Waals surface area contributed by atoms with Crippen molar-refractivity contribution in [3.05, 3.63) is 321 Å². The van der Waals surface area contributed by atoms with Crippen LogP contribution in [-0.2, 0) is 16.2 Å². The lowest BCUT2D eigenvalue weighted by atomic mass is 9.77. The summed E-state index contributed by atoms with van der Waals surface area (Å²) in [5.41, 5.74) is 19.9. The number of aryl methyl sites for hydroxylation is 2. The molecule has 614 valence electrons. The highest BCUT2D eigenvalue weighted by Crippen LogP contribution is 2.42. The zero-order chi connectivity index (χ0) is 85.4. The molecule has 11 rings (SSSR count). The number of benzene rings is 10. The van der Waals surface area contributed by atoms with E-state index < -0.39 is 0 Å². The van der Waals surface area contributed by atoms with Crippen molar-refractivity contribution in [1.29, 1.82) is 0 Å². The molecule has 5 nitrogen and oxygen atoms in total. The fourth-order valence-corrected chi connectivity index (χ4v) is 13.1. The van der Waals surface area contributed by atoms with Crippen LogP contribution in [0.15, 0.2) is 212 Å². The van der Waals surface area contributed by atoms with Crippen LogP contribution in [0.25, 0.3) is 10.8 Å². The molecule has 0 bridgehead atoms. The van der Waals surface area contributed by atoms with Crippen LogP contribution < -0.4 is 0 Å². The van der Waals surface area contributed by atoms with E-state index in [0.717, 1.165) is 33.2 Å². The Bertz CT molecular complexity index is 4300. The van der Waals surface area contributed by atoms with Crippen molar-refractivity contribution in [2.75, 3.05) is 0 Å². The molecule has 0 heterocycles. The zero-order valence-electron chi connectivity index (χ0n) is 74.8. The number of phenols is 2. The number of nitro groups is 1. The molecule has 2 N–H and O–H groups in total. The van der Waals surface area contributed by atoms with Crippen LogP contribution in [-0.4, -0.2) is 15.1 Å². The maximum absolute atomic E-state index is 10.6. The van der Waals surface area contributed by atoms with Gasteiger partial charge in [-0.3, -0.25) is 10.1 Å². The molecule has 1 fully saturated rings. The van der Waals surface area contributed by atoms with Crippen LogP contribution in [0, 0.1) is 24.0 Å². The van der Waals surface area contributed by atoms with Gasteiger partial charge < -0.3 is 10.2 Å². The Morgan fingerprint density at radius 1 is 0.363 bits per heavy atom. The average Bonchev–Trinajstić information content (AvgIpc) is 0.774. The molecular formula is C105H144Cl3NO4. The quantitative estimate of drug-likeness (QED) is 0.0998. The third kappa shape index (κ3) is 35.5. The first kappa shape index (κ1) is 99.5. The highest BCUT2D eigenvalue weighted by Gasteiger charge is 2.27. The molecule has 0 aliphatic heterocycles. The van der Waals surface area contributed by atoms with E-state index in [2.05, 4.69) is 320 Å². The van der Waals surface area contributed by atoms with E-state index in [9.17, 15) is 15.2 Å². The predicted molar refractivity (Wildman–Crippen MR) is 499 cm³/mol. The second-order valence-electron chi connectivity index (χ2n) is 36.3. The predicted octanol–water partition coefficient (Wildman–Crippen LogP) is 34.3. The molecule has 113 heavy (non-hydrogen) atoms. The number of hydrogen-bond donors (Lipinski definition) is 2. The van der Waals surface area contributed by atoms with E-state index in [4.69, 9.17) is 39.9 Å². The zero-order valence-corrected chi connectivity index (χ0v) is 77.1. The largest absolute Gasteiger partial charge is 0.508 e. The lowest BCUT2D eigenvalue weighted by Gasteiger charge is -2.29. The van der Waals surface area contributed by atoms with Crippen molar-refractivity contribution < 1.29 is 15.1 Å². The first-order chi connectivity index (χ1) is 52.6. The molecule has 0 amide bonds. The van der Waals surface area contributed by atoms with Gasteiger partial charge in [-0.1, -0.05) is 416 Å². The van der Waals surface area contributed by atoms with E-state index in [1.165, 1.54) is 105 Å². The normalized spacial score (nSPS) is 12.2. The van der Waals surface area contributed by atoms with Crippen LogP contribution >= 0.6 is 34.8 Å². The number of fused-ring (bicyclic) bond motifs is 1. The van der Waals surface area contributed by atoms with Crippen molar-refractivity contribution in [3.63, 3.8) is 0 Å². The summed E-state index contributed by atoms with van der Waals surface area (Å²) in [6.07, 6.45) is 7.11. The van der Waals surface area contributed by atoms with E-state index in [-0.39, 0.29) is 26.9 Å². The Kier molecular flexibility index (Phi) is 42.3. The maximum atomic E-state index is 10.6. The van der Waals surface area contributed by atoms with Crippen molar-refractivity contribution in [3.8, 4) is 11.5 Å². The van der Waals surface area contributed by atoms with Gasteiger partial charge in [0.05, 0.1) is 15.0 Å². The fraction of sp³-hybridized carbons (Fsp3) is 0.448. The lowest BCUT2D eigenvalue weighted by Crippen LogP contribution is -2.18. The number of nitrogens with zero attached hydrogens (tertiary/aromatic N) is 1. The molecule has 1 aliphatic carbocycles. The summed E-state index contributed by atoms with van der Waals surface area (Å²) in [7, 11) is 0. The Balaban J connectivity index is 0.000000331. The second kappa shape index (κ2) is 48.0. The first-order valence-corrected chi connectivity index (χ1v) is 42.6. The van der Waals surface area contributed by atoms with Crippen molar-refractivity contribution in [2.24, 2.45) is 0 Å². The highest BCUT2D eigenvalue weighted by atomic mass is 35.5. The monoisotopic (exact) mass is 1590 g/mol. The molecule has 8 heteroatoms. The number of non-ortho nitro benzene ring substituents is 1. The van der Waals surface area contributed by atoms with Crippen molar-refractivity contribution in [1.82, 2.24) is 0 Å². The minimum atomic E-state index is -0.369. The SMILES string of the molecule is CC(C)c1cc(C(C)(C)C)c(O)c(C(C)(C)C)c1.CC(C)c1ccc(C(C)(C)C)cc1.CC(C)c1ccc(C2CCCCC2)cc1.CC(C)c1ccc(Cl)c(Cl)c1.CC(C)c1ccc(O)cc1.CC(C)c1cccc([N+](=O)[O-])c1.CC(C)c1cccc2ccccc12.Cc1cc(C(C)C)ccc1Cl.Cc1cccc(C(C)C)c1. The van der Waals surface area contributed by atoms with Gasteiger partial charge in [-0.15, -0.1) is 0 Å². The minimum absolute atomic E-state index is 0.0328. The summed E-state index contributed by atoms with van der Waals surface area (Å²) < 4.78 is 0. The Hall–Kier alpha value is -7.67. The third-order valence-electron chi connectivity index (χ3n) is 20.5. The molecule has 10 aromatic carbocycles. The van der Waals surface area contributed by atoms with Gasteiger partial charge in [0.15, 0.2) is 0 Å². The topological polar surface area (TPSA) is 83.6 Å². The van der Waals surface area contributed by atoms with E-state index >= 15 is 0 Å². The van der Waals surface area contributed by atoms with Crippen LogP contribution in [0.5, 0.6) is 11.5 Å². The van der Waals surface area contributed by atoms with E-state index in [0.29, 0.717) is 74.8 Å². The number of hydrogen-bond acceptors (Lipinski definition) is 4. The van der Waals surface area contributed by atoms with Gasteiger partial charge in [0.1, 0.15) is 11.5 Å². The Labute approximate surface area is 702 Å². The molecule has 0 radical (unpaired) electrons. The number of halogens is 3. The van der Waals surface area contributed by atoms with Gasteiger partial charge in [0.25, 0.3) is 5.69 Å². The van der Waals surface area contributed by atoms with Crippen molar-refractivity contribution in [2.45, 2.75) is 308 Å². The first-order valence-electron chi connectivity index (χ1n) is 41.5. The summed E-state index contributed by atoms with van der Waals surface area (Å²) in [5.74, 6) is 6.66. The molecule has 0 aromatic heterocycles. The summed E-state index contributed by atoms with van der Waals surface area (Å²) in [6, 6.07) is 72.4. The standard InChI is InChI=1S/C17H28O.C15H22.C13H14.C13H20.C10H13Cl.C10H14.C9H10Cl2.C9H11NO2.C9H12O/c1-11(2)12-9-13(16(3,4)5)15(18)14(10-12)17(6,7)8;1-12(2)13-8-10-15(11-9-13)14-6-4-3-5-7-14;1-10(2)12-9-5-7-11-6-3-4-8-13(11)12;1-10(2)11-6-8-12(9-7-11)13(3,4)5;1-7(2)9-4-5-10(11)8(3)6-9;1-8(2)10-6-4-5-9(3)7-10;1-6(2)7-3-4-8(10)9(11)5-7;1-7(2)8-4-3-5-9(6-8)10(11)12;1-7(2)8-3-5-9(10)6-4-8/h9-11,18H,1-8H3;8-12,14H,3-7H2,1-2H3;3-10H,1-2H3;6-10H,1-5H3;4-7H,1-3H3;4-8H,1-3H3;3-6H,1-2H3;3-7H,1-2H3;3-7,10H,1-2H3. The van der Waals surface area contributed by atoms with Crippen LogP contribution in [0.3, 0.4) is 0 Å². The average molecular weight is 1590 g/mol. The summed E-state index contributed by atoms with van der Waals surface area (Å²) in [5, 5.41) is 34.7.